The number of hydrogen-bond donors (Lipinski definition) is 0. The lowest BCUT2D eigenvalue weighted by atomic mass is 9.98. The zero-order valence-electron chi connectivity index (χ0n) is 18.4. The summed E-state index contributed by atoms with van der Waals surface area (Å²) in [7, 11) is 0. The molecule has 2 atom stereocenters. The maximum atomic E-state index is 13.8. The molecule has 1 fully saturated rings. The van der Waals surface area contributed by atoms with Crippen molar-refractivity contribution in [1.82, 2.24) is 9.80 Å². The van der Waals surface area contributed by atoms with Gasteiger partial charge in [-0.1, -0.05) is 35.9 Å². The Morgan fingerprint density at radius 2 is 1.74 bits per heavy atom. The molecular formula is C27H23ClN2O4. The van der Waals surface area contributed by atoms with Crippen LogP contribution in [0.15, 0.2) is 80.6 Å². The fraction of sp³-hybridized carbons (Fsp3) is 0.259. The first kappa shape index (κ1) is 21.2. The van der Waals surface area contributed by atoms with Crippen molar-refractivity contribution in [2.24, 2.45) is 0 Å². The Hall–Kier alpha value is -3.35. The monoisotopic (exact) mass is 474 g/mol. The fourth-order valence-corrected chi connectivity index (χ4v) is 5.38. The number of para-hydroxylation sites is 1. The molecule has 1 saturated heterocycles. The van der Waals surface area contributed by atoms with Crippen LogP contribution in [0.1, 0.15) is 52.4 Å². The maximum absolute atomic E-state index is 13.8. The summed E-state index contributed by atoms with van der Waals surface area (Å²) in [6.45, 7) is 2.25. The number of halogens is 1. The van der Waals surface area contributed by atoms with E-state index in [9.17, 15) is 9.59 Å². The highest BCUT2D eigenvalue weighted by molar-refractivity contribution is 6.30. The highest BCUT2D eigenvalue weighted by atomic mass is 35.5. The number of rotatable bonds is 5. The molecule has 2 aliphatic rings. The topological polar surface area (TPSA) is 66.9 Å². The number of hydrogen-bond acceptors (Lipinski definition) is 5. The van der Waals surface area contributed by atoms with Crippen molar-refractivity contribution in [3.63, 3.8) is 0 Å². The standard InChI is InChI=1S/C27H23ClN2O4/c28-18-11-9-17(10-12-18)24-23-25(31)19-6-1-2-7-21(19)34-26(23)27(32)30(24)16-20(22-8-5-15-33-22)29-13-3-4-14-29/h1-2,5-12,15,20,24H,3-4,13-14,16H2/t20-,24+/m0/s1. The summed E-state index contributed by atoms with van der Waals surface area (Å²) in [6.07, 6.45) is 3.88. The Kier molecular flexibility index (Phi) is 5.27. The van der Waals surface area contributed by atoms with E-state index < -0.39 is 6.04 Å². The fourth-order valence-electron chi connectivity index (χ4n) is 5.25. The van der Waals surface area contributed by atoms with Gasteiger partial charge in [0.2, 0.25) is 5.76 Å². The summed E-state index contributed by atoms with van der Waals surface area (Å²) in [4.78, 5) is 31.5. The van der Waals surface area contributed by atoms with Crippen molar-refractivity contribution in [2.75, 3.05) is 19.6 Å². The van der Waals surface area contributed by atoms with E-state index in [1.807, 2.05) is 24.3 Å². The summed E-state index contributed by atoms with van der Waals surface area (Å²) < 4.78 is 11.8. The predicted molar refractivity (Wildman–Crippen MR) is 129 cm³/mol. The summed E-state index contributed by atoms with van der Waals surface area (Å²) in [5.41, 5.74) is 1.44. The molecule has 1 amide bonds. The third kappa shape index (κ3) is 3.45. The van der Waals surface area contributed by atoms with Crippen LogP contribution in [0.4, 0.5) is 0 Å². The molecule has 0 unspecified atom stereocenters. The molecule has 7 heteroatoms. The van der Waals surface area contributed by atoms with Crippen LogP contribution in [0.2, 0.25) is 5.02 Å². The van der Waals surface area contributed by atoms with Gasteiger partial charge in [-0.05, 0) is 67.9 Å². The van der Waals surface area contributed by atoms with Crippen molar-refractivity contribution in [3.05, 3.63) is 105 Å². The second-order valence-electron chi connectivity index (χ2n) is 8.86. The van der Waals surface area contributed by atoms with Gasteiger partial charge in [0.15, 0.2) is 5.43 Å². The van der Waals surface area contributed by atoms with Crippen molar-refractivity contribution >= 4 is 28.5 Å². The highest BCUT2D eigenvalue weighted by Gasteiger charge is 2.44. The zero-order valence-corrected chi connectivity index (χ0v) is 19.2. The van der Waals surface area contributed by atoms with Gasteiger partial charge in [-0.15, -0.1) is 0 Å². The summed E-state index contributed by atoms with van der Waals surface area (Å²) >= 11 is 6.15. The van der Waals surface area contributed by atoms with E-state index in [0.29, 0.717) is 28.1 Å². The molecule has 4 heterocycles. The van der Waals surface area contributed by atoms with Crippen LogP contribution in [-0.2, 0) is 0 Å². The maximum Gasteiger partial charge on any atom is 0.290 e. The number of carbonyl (C=O) groups is 1. The quantitative estimate of drug-likeness (QED) is 0.386. The van der Waals surface area contributed by atoms with Crippen LogP contribution in [-0.4, -0.2) is 35.3 Å². The molecule has 2 aliphatic heterocycles. The molecule has 4 aromatic rings. The van der Waals surface area contributed by atoms with E-state index in [1.54, 1.807) is 47.6 Å². The molecule has 0 spiro atoms. The lowest BCUT2D eigenvalue weighted by Crippen LogP contribution is -2.39. The first-order valence-electron chi connectivity index (χ1n) is 11.5. The van der Waals surface area contributed by atoms with E-state index in [1.165, 1.54) is 0 Å². The van der Waals surface area contributed by atoms with Gasteiger partial charge < -0.3 is 13.7 Å². The van der Waals surface area contributed by atoms with Crippen LogP contribution in [0.5, 0.6) is 0 Å². The minimum Gasteiger partial charge on any atom is -0.468 e. The van der Waals surface area contributed by atoms with E-state index in [2.05, 4.69) is 4.90 Å². The Morgan fingerprint density at radius 3 is 2.47 bits per heavy atom. The van der Waals surface area contributed by atoms with Crippen LogP contribution in [0, 0.1) is 0 Å². The third-order valence-electron chi connectivity index (χ3n) is 6.88. The molecule has 0 radical (unpaired) electrons. The summed E-state index contributed by atoms with van der Waals surface area (Å²) in [5.74, 6) is 0.641. The Labute approximate surface area is 201 Å². The Morgan fingerprint density at radius 1 is 0.971 bits per heavy atom. The SMILES string of the molecule is O=C1c2oc3ccccc3c(=O)c2[C@@H](c2ccc(Cl)cc2)N1C[C@@H](c1ccco1)N1CCCC1. The van der Waals surface area contributed by atoms with Crippen LogP contribution < -0.4 is 5.43 Å². The zero-order chi connectivity index (χ0) is 23.2. The molecule has 0 bridgehead atoms. The van der Waals surface area contributed by atoms with Gasteiger partial charge in [-0.2, -0.15) is 0 Å². The van der Waals surface area contributed by atoms with Gasteiger partial charge in [0.05, 0.1) is 29.3 Å². The molecule has 6 nitrogen and oxygen atoms in total. The smallest absolute Gasteiger partial charge is 0.290 e. The van der Waals surface area contributed by atoms with Crippen molar-refractivity contribution in [3.8, 4) is 0 Å². The number of fused-ring (bicyclic) bond motifs is 2. The van der Waals surface area contributed by atoms with E-state index in [-0.39, 0.29) is 23.1 Å². The molecule has 0 aliphatic carbocycles. The van der Waals surface area contributed by atoms with Crippen molar-refractivity contribution < 1.29 is 13.6 Å². The van der Waals surface area contributed by atoms with E-state index in [0.717, 1.165) is 37.3 Å². The molecule has 34 heavy (non-hydrogen) atoms. The average molecular weight is 475 g/mol. The average Bonchev–Trinajstić information content (AvgIpc) is 3.61. The Balaban J connectivity index is 1.50. The predicted octanol–water partition coefficient (Wildman–Crippen LogP) is 5.42. The Bertz CT molecular complexity index is 1410. The van der Waals surface area contributed by atoms with E-state index in [4.69, 9.17) is 20.4 Å². The molecule has 0 N–H and O–H groups in total. The van der Waals surface area contributed by atoms with Gasteiger partial charge in [0.1, 0.15) is 11.3 Å². The van der Waals surface area contributed by atoms with Crippen LogP contribution in [0.25, 0.3) is 11.0 Å². The summed E-state index contributed by atoms with van der Waals surface area (Å²) in [6, 6.07) is 17.5. The first-order valence-corrected chi connectivity index (χ1v) is 11.9. The minimum atomic E-state index is -0.569. The van der Waals surface area contributed by atoms with Gasteiger partial charge in [0.25, 0.3) is 5.91 Å². The highest BCUT2D eigenvalue weighted by Crippen LogP contribution is 2.40. The largest absolute Gasteiger partial charge is 0.468 e. The van der Waals surface area contributed by atoms with Crippen LogP contribution >= 0.6 is 11.6 Å². The number of furan rings is 1. The molecular weight excluding hydrogens is 452 g/mol. The van der Waals surface area contributed by atoms with Crippen LogP contribution in [0.3, 0.4) is 0 Å². The van der Waals surface area contributed by atoms with Gasteiger partial charge in [0, 0.05) is 11.6 Å². The third-order valence-corrected chi connectivity index (χ3v) is 7.13. The van der Waals surface area contributed by atoms with Gasteiger partial charge in [-0.3, -0.25) is 14.5 Å². The minimum absolute atomic E-state index is 0.114. The number of benzene rings is 2. The lowest BCUT2D eigenvalue weighted by molar-refractivity contribution is 0.0644. The van der Waals surface area contributed by atoms with Crippen molar-refractivity contribution in [2.45, 2.75) is 24.9 Å². The first-order chi connectivity index (χ1) is 16.6. The molecule has 6 rings (SSSR count). The van der Waals surface area contributed by atoms with Gasteiger partial charge in [-0.25, -0.2) is 0 Å². The molecule has 2 aromatic heterocycles. The number of carbonyl (C=O) groups excluding carboxylic acids is 1. The molecule has 0 saturated carbocycles. The van der Waals surface area contributed by atoms with E-state index >= 15 is 0 Å². The van der Waals surface area contributed by atoms with Crippen molar-refractivity contribution in [1.29, 1.82) is 0 Å². The second-order valence-corrected chi connectivity index (χ2v) is 9.29. The van der Waals surface area contributed by atoms with Gasteiger partial charge >= 0.3 is 0 Å². The molecule has 172 valence electrons. The number of amides is 1. The second kappa shape index (κ2) is 8.46. The summed E-state index contributed by atoms with van der Waals surface area (Å²) in [5, 5.41) is 1.06. The lowest BCUT2D eigenvalue weighted by Gasteiger charge is -2.33. The number of likely N-dealkylation sites (tertiary alicyclic amines) is 1. The number of nitrogens with zero attached hydrogens (tertiary/aromatic N) is 2. The molecule has 2 aromatic carbocycles. The normalized spacial score (nSPS) is 19.1.